The molecule has 2 N–H and O–H groups in total. The number of ether oxygens (including phenoxy) is 2. The van der Waals surface area contributed by atoms with Crippen LogP contribution in [0.15, 0.2) is 134 Å². The number of aliphatic hydroxyl groups excluding tert-OH is 2. The summed E-state index contributed by atoms with van der Waals surface area (Å²) in [6, 6.07) is 8.22. The molecule has 0 aliphatic carbocycles. The Hall–Kier alpha value is -4.02. The average Bonchev–Trinajstić information content (AvgIpc) is 2.92. The van der Waals surface area contributed by atoms with Gasteiger partial charge < -0.3 is 19.7 Å². The predicted octanol–water partition coefficient (Wildman–Crippen LogP) is 9.52. The van der Waals surface area contributed by atoms with Crippen LogP contribution >= 0.6 is 0 Å². The molecule has 0 fully saturated rings. The minimum absolute atomic E-state index is 0.127. The second-order valence-corrected chi connectivity index (χ2v) is 8.77. The van der Waals surface area contributed by atoms with Crippen molar-refractivity contribution in [2.45, 2.75) is 39.5 Å². The highest BCUT2D eigenvalue weighted by atomic mass is 16.5. The molecule has 0 bridgehead atoms. The third kappa shape index (κ3) is 14.5. The smallest absolute Gasteiger partial charge is 0.127 e. The number of aliphatic hydroxyl groups is 2. The van der Waals surface area contributed by atoms with Crippen molar-refractivity contribution >= 4 is 11.1 Å². The summed E-state index contributed by atoms with van der Waals surface area (Å²) in [5.74, 6) is 0.833. The molecular formula is C35H44O4. The van der Waals surface area contributed by atoms with Crippen molar-refractivity contribution < 1.29 is 19.7 Å². The zero-order chi connectivity index (χ0) is 28.7. The van der Waals surface area contributed by atoms with E-state index in [4.69, 9.17) is 14.6 Å². The van der Waals surface area contributed by atoms with Gasteiger partial charge in [0.2, 0.25) is 0 Å². The summed E-state index contributed by atoms with van der Waals surface area (Å²) in [5, 5.41) is 19.3. The molecule has 1 aromatic carbocycles. The quantitative estimate of drug-likeness (QED) is 0.0862. The van der Waals surface area contributed by atoms with Crippen LogP contribution in [-0.2, 0) is 9.47 Å². The number of benzene rings is 1. The van der Waals surface area contributed by atoms with E-state index in [1.807, 2.05) is 56.4 Å². The van der Waals surface area contributed by atoms with Crippen molar-refractivity contribution in [3.8, 4) is 0 Å². The molecule has 0 aliphatic rings. The lowest BCUT2D eigenvalue weighted by molar-refractivity contribution is 0.204. The van der Waals surface area contributed by atoms with Gasteiger partial charge >= 0.3 is 0 Å². The maximum atomic E-state index is 10.1. The van der Waals surface area contributed by atoms with Crippen LogP contribution in [0.1, 0.15) is 50.7 Å². The zero-order valence-corrected chi connectivity index (χ0v) is 23.7. The SMILES string of the molecule is C=CCCCCOC(=C/C=C\C(O)=C/C(=C)C)/C(=C\C=C\C)c1ccc(C(/C=C\CCOC)=C/C=C/O)cc1. The fraction of sp³-hybridized carbons (Fsp3) is 0.257. The Kier molecular flexibility index (Phi) is 17.8. The summed E-state index contributed by atoms with van der Waals surface area (Å²) in [5.41, 5.74) is 4.67. The maximum absolute atomic E-state index is 10.1. The number of hydrogen-bond donors (Lipinski definition) is 2. The number of methoxy groups -OCH3 is 1. The fourth-order valence-electron chi connectivity index (χ4n) is 3.47. The topological polar surface area (TPSA) is 58.9 Å². The van der Waals surface area contributed by atoms with Crippen molar-refractivity contribution in [2.75, 3.05) is 20.3 Å². The van der Waals surface area contributed by atoms with Crippen LogP contribution in [0.3, 0.4) is 0 Å². The van der Waals surface area contributed by atoms with E-state index in [-0.39, 0.29) is 5.76 Å². The maximum Gasteiger partial charge on any atom is 0.127 e. The third-order valence-corrected chi connectivity index (χ3v) is 5.37. The van der Waals surface area contributed by atoms with E-state index in [2.05, 4.69) is 43.5 Å². The Morgan fingerprint density at radius 1 is 0.923 bits per heavy atom. The predicted molar refractivity (Wildman–Crippen MR) is 167 cm³/mol. The number of unbranched alkanes of at least 4 members (excludes halogenated alkanes) is 2. The van der Waals surface area contributed by atoms with Crippen LogP contribution in [-0.4, -0.2) is 30.5 Å². The van der Waals surface area contributed by atoms with Gasteiger partial charge in [0.15, 0.2) is 0 Å². The molecule has 39 heavy (non-hydrogen) atoms. The first-order valence-corrected chi connectivity index (χ1v) is 13.3. The lowest BCUT2D eigenvalue weighted by Gasteiger charge is -2.15. The van der Waals surface area contributed by atoms with Gasteiger partial charge in [0.25, 0.3) is 0 Å². The van der Waals surface area contributed by atoms with Gasteiger partial charge in [-0.25, -0.2) is 0 Å². The minimum Gasteiger partial charge on any atom is -0.516 e. The standard InChI is InChI=1S/C35H44O4/c1-6-8-10-12-27-39-35(20-14-18-33(37)28-29(3)4)34(19-9-7-2)32-23-21-31(22-24-32)30(17-15-25-36)16-11-13-26-38-5/h6-7,9,11,14-25,28,36-37H,1,3,8,10,12-13,26-27H2,2,4-5H3/b9-7+,16-11-,18-14-,25-15+,30-17+,33-28+,34-19-,35-20+. The molecule has 0 atom stereocenters. The second-order valence-electron chi connectivity index (χ2n) is 8.77. The number of rotatable bonds is 18. The summed E-state index contributed by atoms with van der Waals surface area (Å²) in [6.07, 6.45) is 27.0. The van der Waals surface area contributed by atoms with Gasteiger partial charge in [0.1, 0.15) is 11.5 Å². The highest BCUT2D eigenvalue weighted by Crippen LogP contribution is 2.27. The van der Waals surface area contributed by atoms with Gasteiger partial charge in [-0.05, 0) is 80.5 Å². The van der Waals surface area contributed by atoms with Gasteiger partial charge in [-0.3, -0.25) is 0 Å². The fourth-order valence-corrected chi connectivity index (χ4v) is 3.47. The Labute approximate surface area is 235 Å². The zero-order valence-electron chi connectivity index (χ0n) is 23.7. The Morgan fingerprint density at radius 2 is 1.67 bits per heavy atom. The molecule has 0 heterocycles. The molecule has 1 aromatic rings. The molecule has 0 unspecified atom stereocenters. The lowest BCUT2D eigenvalue weighted by atomic mass is 9.98. The Balaban J connectivity index is 3.40. The molecule has 0 aromatic heterocycles. The first-order chi connectivity index (χ1) is 19.0. The molecule has 0 amide bonds. The molecule has 0 spiro atoms. The van der Waals surface area contributed by atoms with E-state index in [0.717, 1.165) is 59.8 Å². The van der Waals surface area contributed by atoms with E-state index >= 15 is 0 Å². The van der Waals surface area contributed by atoms with Gasteiger partial charge in [-0.15, -0.1) is 6.58 Å². The third-order valence-electron chi connectivity index (χ3n) is 5.37. The van der Waals surface area contributed by atoms with Crippen molar-refractivity contribution in [3.05, 3.63) is 145 Å². The summed E-state index contributed by atoms with van der Waals surface area (Å²) in [7, 11) is 1.68. The molecule has 208 valence electrons. The highest BCUT2D eigenvalue weighted by molar-refractivity contribution is 5.81. The van der Waals surface area contributed by atoms with Crippen molar-refractivity contribution in [1.82, 2.24) is 0 Å². The van der Waals surface area contributed by atoms with Crippen LogP contribution in [0, 0.1) is 0 Å². The van der Waals surface area contributed by atoms with Crippen LogP contribution in [0.4, 0.5) is 0 Å². The number of allylic oxidation sites excluding steroid dienone is 14. The molecule has 0 saturated carbocycles. The summed E-state index contributed by atoms with van der Waals surface area (Å²) < 4.78 is 11.4. The van der Waals surface area contributed by atoms with Gasteiger partial charge in [0, 0.05) is 19.3 Å². The summed E-state index contributed by atoms with van der Waals surface area (Å²) in [4.78, 5) is 0. The van der Waals surface area contributed by atoms with Crippen LogP contribution in [0.5, 0.6) is 0 Å². The molecule has 4 heteroatoms. The Morgan fingerprint density at radius 3 is 2.31 bits per heavy atom. The van der Waals surface area contributed by atoms with Gasteiger partial charge in [-0.2, -0.15) is 0 Å². The van der Waals surface area contributed by atoms with E-state index < -0.39 is 0 Å². The Bertz CT molecular complexity index is 1120. The average molecular weight is 529 g/mol. The highest BCUT2D eigenvalue weighted by Gasteiger charge is 2.10. The molecule has 4 nitrogen and oxygen atoms in total. The molecule has 0 saturated heterocycles. The first kappa shape index (κ1) is 33.0. The number of hydrogen-bond acceptors (Lipinski definition) is 4. The first-order valence-electron chi connectivity index (χ1n) is 13.3. The normalized spacial score (nSPS) is 13.8. The monoisotopic (exact) mass is 528 g/mol. The van der Waals surface area contributed by atoms with Crippen LogP contribution in [0.25, 0.3) is 11.1 Å². The van der Waals surface area contributed by atoms with Crippen LogP contribution in [0.2, 0.25) is 0 Å². The van der Waals surface area contributed by atoms with Crippen molar-refractivity contribution in [1.29, 1.82) is 0 Å². The molecular weight excluding hydrogens is 484 g/mol. The molecule has 1 rings (SSSR count). The van der Waals surface area contributed by atoms with E-state index in [1.165, 1.54) is 0 Å². The summed E-state index contributed by atoms with van der Waals surface area (Å²) in [6.45, 7) is 12.6. The van der Waals surface area contributed by atoms with E-state index in [9.17, 15) is 5.11 Å². The van der Waals surface area contributed by atoms with Crippen molar-refractivity contribution in [3.63, 3.8) is 0 Å². The van der Waals surface area contributed by atoms with Gasteiger partial charge in [-0.1, -0.05) is 85.0 Å². The minimum atomic E-state index is 0.127. The van der Waals surface area contributed by atoms with E-state index in [1.54, 1.807) is 31.4 Å². The summed E-state index contributed by atoms with van der Waals surface area (Å²) >= 11 is 0. The van der Waals surface area contributed by atoms with Crippen LogP contribution < -0.4 is 0 Å². The lowest BCUT2D eigenvalue weighted by Crippen LogP contribution is -1.99. The second kappa shape index (κ2) is 21.0. The van der Waals surface area contributed by atoms with Crippen molar-refractivity contribution in [2.24, 2.45) is 0 Å². The largest absolute Gasteiger partial charge is 0.516 e. The van der Waals surface area contributed by atoms with E-state index in [0.29, 0.717) is 19.0 Å². The molecule has 0 radical (unpaired) electrons. The molecule has 0 aliphatic heterocycles. The van der Waals surface area contributed by atoms with Gasteiger partial charge in [0.05, 0.1) is 12.9 Å².